The average molecular weight is 255 g/mol. The first-order valence-electron chi connectivity index (χ1n) is 8.03. The molecule has 2 heteroatoms. The number of rotatable bonds is 2. The van der Waals surface area contributed by atoms with Crippen LogP contribution in [0, 0.1) is 0 Å². The van der Waals surface area contributed by atoms with E-state index in [1.807, 2.05) is 0 Å². The molecular weight excluding hydrogens is 222 g/mol. The van der Waals surface area contributed by atoms with Crippen LogP contribution in [0.15, 0.2) is 0 Å². The van der Waals surface area contributed by atoms with Crippen LogP contribution in [0.5, 0.6) is 0 Å². The van der Waals surface area contributed by atoms with Crippen LogP contribution in [-0.4, -0.2) is 35.2 Å². The summed E-state index contributed by atoms with van der Waals surface area (Å²) >= 11 is 0. The second-order valence-electron chi connectivity index (χ2n) is 6.30. The summed E-state index contributed by atoms with van der Waals surface area (Å²) in [4.78, 5) is 2.37. The van der Waals surface area contributed by atoms with Crippen molar-refractivity contribution in [2.75, 3.05) is 7.05 Å². The molecule has 0 saturated heterocycles. The van der Waals surface area contributed by atoms with Crippen LogP contribution in [0.25, 0.3) is 0 Å². The number of aliphatic hydroxyl groups is 1. The molecule has 1 fully saturated rings. The summed E-state index contributed by atoms with van der Waals surface area (Å²) in [5.74, 6) is 0. The van der Waals surface area contributed by atoms with Gasteiger partial charge in [0.1, 0.15) is 0 Å². The van der Waals surface area contributed by atoms with E-state index in [0.717, 1.165) is 12.8 Å². The monoisotopic (exact) mass is 255 g/mol. The third-order valence-electron chi connectivity index (χ3n) is 4.53. The summed E-state index contributed by atoms with van der Waals surface area (Å²) in [6, 6.07) is 0.891. The maximum atomic E-state index is 10.4. The molecule has 0 radical (unpaired) electrons. The highest BCUT2D eigenvalue weighted by Gasteiger charge is 2.24. The lowest BCUT2D eigenvalue weighted by Crippen LogP contribution is -2.44. The van der Waals surface area contributed by atoms with Crippen LogP contribution in [-0.2, 0) is 0 Å². The van der Waals surface area contributed by atoms with Gasteiger partial charge in [0, 0.05) is 12.1 Å². The zero-order valence-electron chi connectivity index (χ0n) is 12.7. The Morgan fingerprint density at radius 2 is 1.28 bits per heavy atom. The van der Waals surface area contributed by atoms with Gasteiger partial charge in [-0.05, 0) is 33.7 Å². The van der Waals surface area contributed by atoms with Crippen LogP contribution in [0.2, 0.25) is 0 Å². The number of likely N-dealkylation sites (N-methyl/N-ethyl adjacent to an activating group) is 1. The van der Waals surface area contributed by atoms with Crippen molar-refractivity contribution < 1.29 is 5.11 Å². The predicted octanol–water partition coefficient (Wildman–Crippen LogP) is 3.97. The quantitative estimate of drug-likeness (QED) is 0.807. The number of aliphatic hydroxyl groups excluding tert-OH is 1. The van der Waals surface area contributed by atoms with Gasteiger partial charge in [0.25, 0.3) is 0 Å². The molecule has 1 aliphatic rings. The third-order valence-corrected chi connectivity index (χ3v) is 4.53. The molecule has 0 aliphatic heterocycles. The first kappa shape index (κ1) is 16.0. The SMILES string of the molecule is CC(C)N(C)C1CCCCCCCCCCC1O. The van der Waals surface area contributed by atoms with Gasteiger partial charge in [-0.25, -0.2) is 0 Å². The molecule has 1 saturated carbocycles. The molecule has 0 bridgehead atoms. The fourth-order valence-corrected chi connectivity index (χ4v) is 3.01. The fourth-order valence-electron chi connectivity index (χ4n) is 3.01. The first-order chi connectivity index (χ1) is 8.63. The molecule has 1 rings (SSSR count). The highest BCUT2D eigenvalue weighted by atomic mass is 16.3. The minimum atomic E-state index is -0.128. The first-order valence-corrected chi connectivity index (χ1v) is 8.03. The zero-order chi connectivity index (χ0) is 13.4. The summed E-state index contributed by atoms with van der Waals surface area (Å²) < 4.78 is 0. The van der Waals surface area contributed by atoms with Crippen LogP contribution in [0.3, 0.4) is 0 Å². The van der Waals surface area contributed by atoms with E-state index < -0.39 is 0 Å². The predicted molar refractivity (Wildman–Crippen MR) is 78.9 cm³/mol. The van der Waals surface area contributed by atoms with Crippen LogP contribution >= 0.6 is 0 Å². The molecule has 0 aromatic heterocycles. The Morgan fingerprint density at radius 3 is 1.78 bits per heavy atom. The lowest BCUT2D eigenvalue weighted by molar-refractivity contribution is 0.0344. The third kappa shape index (κ3) is 5.71. The molecule has 0 aromatic rings. The molecule has 1 aliphatic carbocycles. The van der Waals surface area contributed by atoms with Crippen molar-refractivity contribution >= 4 is 0 Å². The molecule has 0 heterocycles. The van der Waals surface area contributed by atoms with E-state index >= 15 is 0 Å². The van der Waals surface area contributed by atoms with E-state index in [1.165, 1.54) is 51.4 Å². The molecule has 2 atom stereocenters. The normalized spacial score (nSPS) is 29.0. The van der Waals surface area contributed by atoms with Gasteiger partial charge in [-0.2, -0.15) is 0 Å². The number of hydrogen-bond donors (Lipinski definition) is 1. The Hall–Kier alpha value is -0.0800. The van der Waals surface area contributed by atoms with E-state index in [0.29, 0.717) is 12.1 Å². The van der Waals surface area contributed by atoms with Gasteiger partial charge >= 0.3 is 0 Å². The summed E-state index contributed by atoms with van der Waals surface area (Å²) in [6.07, 6.45) is 12.7. The maximum absolute atomic E-state index is 10.4. The van der Waals surface area contributed by atoms with E-state index in [2.05, 4.69) is 25.8 Å². The maximum Gasteiger partial charge on any atom is 0.0695 e. The second kappa shape index (κ2) is 8.92. The molecule has 2 unspecified atom stereocenters. The van der Waals surface area contributed by atoms with Crippen molar-refractivity contribution in [2.45, 2.75) is 96.2 Å². The summed E-state index contributed by atoms with van der Waals surface area (Å²) in [5, 5.41) is 10.4. The van der Waals surface area contributed by atoms with E-state index in [-0.39, 0.29) is 6.10 Å². The number of hydrogen-bond acceptors (Lipinski definition) is 2. The van der Waals surface area contributed by atoms with Gasteiger partial charge in [-0.15, -0.1) is 0 Å². The van der Waals surface area contributed by atoms with Crippen molar-refractivity contribution in [1.82, 2.24) is 4.90 Å². The van der Waals surface area contributed by atoms with Crippen molar-refractivity contribution in [3.05, 3.63) is 0 Å². The Kier molecular flexibility index (Phi) is 7.92. The van der Waals surface area contributed by atoms with Crippen molar-refractivity contribution in [2.24, 2.45) is 0 Å². The summed E-state index contributed by atoms with van der Waals surface area (Å²) in [6.45, 7) is 4.45. The second-order valence-corrected chi connectivity index (χ2v) is 6.30. The molecule has 0 aromatic carbocycles. The fraction of sp³-hybridized carbons (Fsp3) is 1.00. The Bertz CT molecular complexity index is 205. The van der Waals surface area contributed by atoms with E-state index in [9.17, 15) is 5.11 Å². The van der Waals surface area contributed by atoms with Gasteiger partial charge in [0.05, 0.1) is 6.10 Å². The molecular formula is C16H33NO. The largest absolute Gasteiger partial charge is 0.391 e. The Morgan fingerprint density at radius 1 is 0.833 bits per heavy atom. The minimum absolute atomic E-state index is 0.128. The van der Waals surface area contributed by atoms with Crippen LogP contribution in [0.1, 0.15) is 78.1 Å². The molecule has 0 spiro atoms. The topological polar surface area (TPSA) is 23.5 Å². The lowest BCUT2D eigenvalue weighted by atomic mass is 9.94. The molecule has 2 nitrogen and oxygen atoms in total. The van der Waals surface area contributed by atoms with E-state index in [1.54, 1.807) is 0 Å². The standard InChI is InChI=1S/C16H33NO/c1-14(2)17(3)15-12-10-8-6-4-5-7-9-11-13-16(15)18/h14-16,18H,4-13H2,1-3H3. The summed E-state index contributed by atoms with van der Waals surface area (Å²) in [7, 11) is 2.17. The van der Waals surface area contributed by atoms with Crippen LogP contribution < -0.4 is 0 Å². The van der Waals surface area contributed by atoms with Crippen molar-refractivity contribution in [3.8, 4) is 0 Å². The Balaban J connectivity index is 2.51. The lowest BCUT2D eigenvalue weighted by Gasteiger charge is -2.35. The highest BCUT2D eigenvalue weighted by Crippen LogP contribution is 2.21. The molecule has 18 heavy (non-hydrogen) atoms. The van der Waals surface area contributed by atoms with Gasteiger partial charge < -0.3 is 5.11 Å². The molecule has 108 valence electrons. The molecule has 1 N–H and O–H groups in total. The smallest absolute Gasteiger partial charge is 0.0695 e. The van der Waals surface area contributed by atoms with Gasteiger partial charge in [0.15, 0.2) is 0 Å². The highest BCUT2D eigenvalue weighted by molar-refractivity contribution is 4.79. The van der Waals surface area contributed by atoms with Crippen molar-refractivity contribution in [3.63, 3.8) is 0 Å². The zero-order valence-corrected chi connectivity index (χ0v) is 12.7. The van der Waals surface area contributed by atoms with Crippen molar-refractivity contribution in [1.29, 1.82) is 0 Å². The molecule has 0 amide bonds. The van der Waals surface area contributed by atoms with Gasteiger partial charge in [-0.1, -0.05) is 51.4 Å². The minimum Gasteiger partial charge on any atom is -0.391 e. The Labute approximate surface area is 114 Å². The summed E-state index contributed by atoms with van der Waals surface area (Å²) in [5.41, 5.74) is 0. The number of nitrogens with zero attached hydrogens (tertiary/aromatic N) is 1. The van der Waals surface area contributed by atoms with Crippen LogP contribution in [0.4, 0.5) is 0 Å². The van der Waals surface area contributed by atoms with Gasteiger partial charge in [0.2, 0.25) is 0 Å². The average Bonchev–Trinajstić information content (AvgIpc) is 2.33. The van der Waals surface area contributed by atoms with Gasteiger partial charge in [-0.3, -0.25) is 4.90 Å². The van der Waals surface area contributed by atoms with E-state index in [4.69, 9.17) is 0 Å².